The smallest absolute Gasteiger partial charge is 0.416 e. The first-order chi connectivity index (χ1) is 22.0. The molecule has 2 amide bonds. The number of carbonyl (C=O) groups excluding carboxylic acids is 2. The summed E-state index contributed by atoms with van der Waals surface area (Å²) in [6, 6.07) is 13.0. The van der Waals surface area contributed by atoms with E-state index in [1.165, 1.54) is 46.6 Å². The SMILES string of the molecule is CCCOc1ccc(C(=CC(=O)N2CCN(C(=O)c3cc(OC)c(OC)c(OC)c3)CC2)c2cccc(C(F)(F)F)c2)cc1OC. The van der Waals surface area contributed by atoms with Crippen LogP contribution in [0.4, 0.5) is 13.2 Å². The second kappa shape index (κ2) is 14.9. The van der Waals surface area contributed by atoms with E-state index >= 15 is 0 Å². The van der Waals surface area contributed by atoms with Gasteiger partial charge >= 0.3 is 6.18 Å². The molecule has 1 aliphatic rings. The summed E-state index contributed by atoms with van der Waals surface area (Å²) < 4.78 is 68.2. The number of methoxy groups -OCH3 is 4. The third kappa shape index (κ3) is 7.67. The van der Waals surface area contributed by atoms with Crippen LogP contribution in [0, 0.1) is 0 Å². The van der Waals surface area contributed by atoms with E-state index in [-0.39, 0.29) is 43.2 Å². The Kier molecular flexibility index (Phi) is 11.0. The van der Waals surface area contributed by atoms with Crippen molar-refractivity contribution in [3.8, 4) is 28.7 Å². The van der Waals surface area contributed by atoms with Gasteiger partial charge in [-0.25, -0.2) is 0 Å². The minimum absolute atomic E-state index is 0.212. The highest BCUT2D eigenvalue weighted by molar-refractivity contribution is 6.00. The molecule has 1 aliphatic heterocycles. The Bertz CT molecular complexity index is 1560. The van der Waals surface area contributed by atoms with Crippen LogP contribution in [-0.4, -0.2) is 82.8 Å². The second-order valence-electron chi connectivity index (χ2n) is 10.4. The predicted molar refractivity (Wildman–Crippen MR) is 166 cm³/mol. The van der Waals surface area contributed by atoms with Gasteiger partial charge in [0.1, 0.15) is 0 Å². The highest BCUT2D eigenvalue weighted by Gasteiger charge is 2.31. The molecule has 46 heavy (non-hydrogen) atoms. The van der Waals surface area contributed by atoms with Crippen LogP contribution in [0.15, 0.2) is 60.7 Å². The fourth-order valence-corrected chi connectivity index (χ4v) is 5.09. The molecule has 0 saturated carbocycles. The van der Waals surface area contributed by atoms with Crippen LogP contribution in [0.3, 0.4) is 0 Å². The Morgan fingerprint density at radius 1 is 0.739 bits per heavy atom. The van der Waals surface area contributed by atoms with Gasteiger partial charge in [-0.1, -0.05) is 25.1 Å². The highest BCUT2D eigenvalue weighted by atomic mass is 19.4. The molecular formula is C34H37F3N2O7. The molecule has 9 nitrogen and oxygen atoms in total. The van der Waals surface area contributed by atoms with E-state index in [1.54, 1.807) is 40.1 Å². The van der Waals surface area contributed by atoms with Crippen molar-refractivity contribution >= 4 is 17.4 Å². The summed E-state index contributed by atoms with van der Waals surface area (Å²) >= 11 is 0. The van der Waals surface area contributed by atoms with Crippen molar-refractivity contribution in [1.82, 2.24) is 9.80 Å². The second-order valence-corrected chi connectivity index (χ2v) is 10.4. The zero-order valence-corrected chi connectivity index (χ0v) is 26.4. The Morgan fingerprint density at radius 3 is 1.89 bits per heavy atom. The summed E-state index contributed by atoms with van der Waals surface area (Å²) in [5.74, 6) is 1.23. The fraction of sp³-hybridized carbons (Fsp3) is 0.353. The van der Waals surface area contributed by atoms with E-state index in [0.29, 0.717) is 46.5 Å². The lowest BCUT2D eigenvalue weighted by Gasteiger charge is -2.34. The quantitative estimate of drug-likeness (QED) is 0.239. The number of ether oxygens (including phenoxy) is 5. The highest BCUT2D eigenvalue weighted by Crippen LogP contribution is 2.39. The monoisotopic (exact) mass is 642 g/mol. The van der Waals surface area contributed by atoms with Crippen molar-refractivity contribution in [2.45, 2.75) is 19.5 Å². The molecule has 0 N–H and O–H groups in total. The zero-order valence-electron chi connectivity index (χ0n) is 26.4. The van der Waals surface area contributed by atoms with Gasteiger partial charge in [0.2, 0.25) is 11.7 Å². The molecule has 0 unspecified atom stereocenters. The topological polar surface area (TPSA) is 86.8 Å². The lowest BCUT2D eigenvalue weighted by Crippen LogP contribution is -2.50. The van der Waals surface area contributed by atoms with Gasteiger partial charge in [-0.2, -0.15) is 13.2 Å². The minimum atomic E-state index is -4.57. The van der Waals surface area contributed by atoms with Gasteiger partial charge in [-0.05, 0) is 59.5 Å². The van der Waals surface area contributed by atoms with E-state index in [2.05, 4.69) is 0 Å². The number of benzene rings is 3. The van der Waals surface area contributed by atoms with Gasteiger partial charge in [0.25, 0.3) is 5.91 Å². The Balaban J connectivity index is 1.61. The van der Waals surface area contributed by atoms with Crippen LogP contribution in [-0.2, 0) is 11.0 Å². The lowest BCUT2D eigenvalue weighted by atomic mass is 9.95. The van der Waals surface area contributed by atoms with Gasteiger partial charge in [-0.15, -0.1) is 0 Å². The molecule has 0 spiro atoms. The molecule has 12 heteroatoms. The Morgan fingerprint density at radius 2 is 1.33 bits per heavy atom. The first-order valence-electron chi connectivity index (χ1n) is 14.6. The third-order valence-corrected chi connectivity index (χ3v) is 7.50. The maximum atomic E-state index is 13.6. The molecule has 3 aromatic rings. The number of piperazine rings is 1. The number of carbonyl (C=O) groups is 2. The van der Waals surface area contributed by atoms with Crippen molar-refractivity contribution < 1.29 is 46.4 Å². The molecule has 1 saturated heterocycles. The van der Waals surface area contributed by atoms with Gasteiger partial charge in [0, 0.05) is 37.8 Å². The number of alkyl halides is 3. The first-order valence-corrected chi connectivity index (χ1v) is 14.6. The maximum Gasteiger partial charge on any atom is 0.416 e. The lowest BCUT2D eigenvalue weighted by molar-refractivity contribution is -0.137. The molecule has 246 valence electrons. The summed E-state index contributed by atoms with van der Waals surface area (Å²) in [4.78, 5) is 30.1. The number of rotatable bonds is 11. The van der Waals surface area contributed by atoms with E-state index in [0.717, 1.165) is 18.6 Å². The number of amides is 2. The standard InChI is InChI=1S/C34H37F3N2O7/c1-6-16-46-27-11-10-23(18-28(27)42-2)26(22-8-7-9-25(17-22)34(35,36)37)21-31(40)38-12-14-39(15-13-38)33(41)24-19-29(43-3)32(45-5)30(20-24)44-4/h7-11,17-21H,6,12-16H2,1-5H3. The van der Waals surface area contributed by atoms with Crippen molar-refractivity contribution in [2.24, 2.45) is 0 Å². The summed E-state index contributed by atoms with van der Waals surface area (Å²) in [6.45, 7) is 3.34. The molecular weight excluding hydrogens is 605 g/mol. The average molecular weight is 643 g/mol. The van der Waals surface area contributed by atoms with Crippen molar-refractivity contribution in [3.63, 3.8) is 0 Å². The maximum absolute atomic E-state index is 13.6. The van der Waals surface area contributed by atoms with Crippen molar-refractivity contribution in [3.05, 3.63) is 82.9 Å². The molecule has 3 aromatic carbocycles. The van der Waals surface area contributed by atoms with E-state index < -0.39 is 17.6 Å². The number of hydrogen-bond acceptors (Lipinski definition) is 7. The summed E-state index contributed by atoms with van der Waals surface area (Å²) in [5, 5.41) is 0. The molecule has 0 atom stereocenters. The van der Waals surface area contributed by atoms with Crippen LogP contribution >= 0.6 is 0 Å². The number of hydrogen-bond donors (Lipinski definition) is 0. The molecule has 1 heterocycles. The van der Waals surface area contributed by atoms with E-state index in [4.69, 9.17) is 23.7 Å². The zero-order chi connectivity index (χ0) is 33.4. The molecule has 0 radical (unpaired) electrons. The number of halogens is 3. The van der Waals surface area contributed by atoms with Crippen LogP contribution in [0.25, 0.3) is 5.57 Å². The summed E-state index contributed by atoms with van der Waals surface area (Å²) in [7, 11) is 5.86. The van der Waals surface area contributed by atoms with Crippen LogP contribution in [0.2, 0.25) is 0 Å². The molecule has 1 fully saturated rings. The largest absolute Gasteiger partial charge is 0.493 e. The van der Waals surface area contributed by atoms with E-state index in [1.807, 2.05) is 6.92 Å². The van der Waals surface area contributed by atoms with Crippen molar-refractivity contribution in [2.75, 3.05) is 61.2 Å². The average Bonchev–Trinajstić information content (AvgIpc) is 3.08. The van der Waals surface area contributed by atoms with E-state index in [9.17, 15) is 22.8 Å². The van der Waals surface area contributed by atoms with Gasteiger partial charge < -0.3 is 33.5 Å². The summed E-state index contributed by atoms with van der Waals surface area (Å²) in [6.07, 6.45) is -2.47. The molecule has 0 bridgehead atoms. The van der Waals surface area contributed by atoms with Crippen LogP contribution in [0.5, 0.6) is 28.7 Å². The molecule has 0 aliphatic carbocycles. The number of nitrogens with zero attached hydrogens (tertiary/aromatic N) is 2. The van der Waals surface area contributed by atoms with Gasteiger partial charge in [0.15, 0.2) is 23.0 Å². The molecule has 4 rings (SSSR count). The van der Waals surface area contributed by atoms with Crippen molar-refractivity contribution in [1.29, 1.82) is 0 Å². The summed E-state index contributed by atoms with van der Waals surface area (Å²) in [5.41, 5.74) is 0.471. The minimum Gasteiger partial charge on any atom is -0.493 e. The molecule has 0 aromatic heterocycles. The van der Waals surface area contributed by atoms with Gasteiger partial charge in [0.05, 0.1) is 40.6 Å². The van der Waals surface area contributed by atoms with Gasteiger partial charge in [-0.3, -0.25) is 9.59 Å². The normalized spacial score (nSPS) is 13.7. The van der Waals surface area contributed by atoms with Crippen LogP contribution < -0.4 is 23.7 Å². The third-order valence-electron chi connectivity index (χ3n) is 7.50. The first kappa shape index (κ1) is 34.0. The predicted octanol–water partition coefficient (Wildman–Crippen LogP) is 5.94. The van der Waals surface area contributed by atoms with Crippen LogP contribution in [0.1, 0.15) is 40.4 Å². The Hall–Kier alpha value is -4.87. The fourth-order valence-electron chi connectivity index (χ4n) is 5.09. The Labute approximate surface area is 266 Å².